The second-order valence-corrected chi connectivity index (χ2v) is 6.93. The Hall–Kier alpha value is -1.88. The normalized spacial score (nSPS) is 18.6. The molecule has 3 rings (SSSR count). The zero-order chi connectivity index (χ0) is 17.5. The molecule has 2 aromatic rings. The number of rotatable bonds is 7. The molecule has 4 nitrogen and oxygen atoms in total. The minimum Gasteiger partial charge on any atom is -0.387 e. The van der Waals surface area contributed by atoms with Crippen LogP contribution in [0.15, 0.2) is 60.7 Å². The van der Waals surface area contributed by atoms with Gasteiger partial charge in [0.05, 0.1) is 18.2 Å². The summed E-state index contributed by atoms with van der Waals surface area (Å²) < 4.78 is 5.51. The van der Waals surface area contributed by atoms with E-state index in [1.54, 1.807) is 7.11 Å². The van der Waals surface area contributed by atoms with Crippen LogP contribution in [0, 0.1) is 0 Å². The average molecular weight is 340 g/mol. The summed E-state index contributed by atoms with van der Waals surface area (Å²) >= 11 is 0. The van der Waals surface area contributed by atoms with E-state index in [1.165, 1.54) is 0 Å². The van der Waals surface area contributed by atoms with Crippen molar-refractivity contribution in [3.05, 3.63) is 66.2 Å². The number of para-hydroxylation sites is 1. The summed E-state index contributed by atoms with van der Waals surface area (Å²) in [4.78, 5) is 2.35. The van der Waals surface area contributed by atoms with Crippen LogP contribution in [0.2, 0.25) is 0 Å². The number of benzene rings is 2. The van der Waals surface area contributed by atoms with Crippen molar-refractivity contribution in [2.75, 3.05) is 38.7 Å². The first-order valence-electron chi connectivity index (χ1n) is 8.98. The molecule has 1 saturated heterocycles. The Morgan fingerprint density at radius 1 is 1.04 bits per heavy atom. The van der Waals surface area contributed by atoms with E-state index >= 15 is 0 Å². The topological polar surface area (TPSA) is 44.7 Å². The number of aliphatic hydroxyl groups is 1. The number of hydrogen-bond acceptors (Lipinski definition) is 4. The lowest BCUT2D eigenvalue weighted by Crippen LogP contribution is -2.52. The number of β-amino-alcohol motifs (C(OH)–C–C–N with tert-alkyl or cyclic N) is 1. The molecule has 0 radical (unpaired) electrons. The number of aliphatic hydroxyl groups excluding tert-OH is 1. The molecule has 1 fully saturated rings. The van der Waals surface area contributed by atoms with Gasteiger partial charge in [0.2, 0.25) is 0 Å². The summed E-state index contributed by atoms with van der Waals surface area (Å²) in [6.45, 7) is 3.27. The Balaban J connectivity index is 1.58. The summed E-state index contributed by atoms with van der Waals surface area (Å²) in [5.74, 6) is 0. The lowest BCUT2D eigenvalue weighted by Gasteiger charge is -2.43. The maximum atomic E-state index is 10.5. The van der Waals surface area contributed by atoms with Crippen LogP contribution >= 0.6 is 0 Å². The van der Waals surface area contributed by atoms with E-state index in [2.05, 4.69) is 22.3 Å². The van der Waals surface area contributed by atoms with Crippen LogP contribution in [0.3, 0.4) is 0 Å². The number of nitrogens with one attached hydrogen (secondary N) is 1. The summed E-state index contributed by atoms with van der Waals surface area (Å²) in [5.41, 5.74) is 2.08. The standard InChI is InChI=1S/C21H28N2O2/c1-25-17-21(22-19-10-6-3-7-11-19)12-14-23(15-13-21)16-20(24)18-8-4-2-5-9-18/h2-11,20,22,24H,12-17H2,1H3. The first kappa shape index (κ1) is 17.9. The molecular weight excluding hydrogens is 312 g/mol. The first-order valence-corrected chi connectivity index (χ1v) is 8.98. The predicted octanol–water partition coefficient (Wildman–Crippen LogP) is 3.31. The first-order chi connectivity index (χ1) is 12.2. The molecule has 2 N–H and O–H groups in total. The van der Waals surface area contributed by atoms with Crippen molar-refractivity contribution < 1.29 is 9.84 Å². The summed E-state index contributed by atoms with van der Waals surface area (Å²) in [6, 6.07) is 20.2. The summed E-state index contributed by atoms with van der Waals surface area (Å²) in [6.07, 6.45) is 1.56. The van der Waals surface area contributed by atoms with Crippen LogP contribution in [-0.4, -0.2) is 48.9 Å². The van der Waals surface area contributed by atoms with Gasteiger partial charge in [0.25, 0.3) is 0 Å². The van der Waals surface area contributed by atoms with Gasteiger partial charge in [0.1, 0.15) is 0 Å². The van der Waals surface area contributed by atoms with E-state index in [0.29, 0.717) is 13.2 Å². The van der Waals surface area contributed by atoms with Gasteiger partial charge in [0, 0.05) is 32.4 Å². The number of hydrogen-bond donors (Lipinski definition) is 2. The SMILES string of the molecule is COCC1(Nc2ccccc2)CCN(CC(O)c2ccccc2)CC1. The van der Waals surface area contributed by atoms with Crippen molar-refractivity contribution in [3.63, 3.8) is 0 Å². The fourth-order valence-electron chi connectivity index (χ4n) is 3.60. The third-order valence-corrected chi connectivity index (χ3v) is 5.03. The van der Waals surface area contributed by atoms with Crippen molar-refractivity contribution >= 4 is 5.69 Å². The molecular formula is C21H28N2O2. The van der Waals surface area contributed by atoms with E-state index in [1.807, 2.05) is 48.5 Å². The van der Waals surface area contributed by atoms with E-state index in [4.69, 9.17) is 4.74 Å². The van der Waals surface area contributed by atoms with E-state index in [0.717, 1.165) is 37.2 Å². The number of nitrogens with zero attached hydrogens (tertiary/aromatic N) is 1. The number of ether oxygens (including phenoxy) is 1. The third kappa shape index (κ3) is 4.82. The van der Waals surface area contributed by atoms with Gasteiger partial charge in [-0.15, -0.1) is 0 Å². The van der Waals surface area contributed by atoms with E-state index in [-0.39, 0.29) is 5.54 Å². The van der Waals surface area contributed by atoms with Gasteiger partial charge in [-0.05, 0) is 30.5 Å². The molecule has 0 bridgehead atoms. The highest BCUT2D eigenvalue weighted by Gasteiger charge is 2.35. The largest absolute Gasteiger partial charge is 0.387 e. The Labute approximate surface area is 150 Å². The molecule has 0 spiro atoms. The van der Waals surface area contributed by atoms with Crippen LogP contribution in [0.5, 0.6) is 0 Å². The van der Waals surface area contributed by atoms with Gasteiger partial charge in [-0.1, -0.05) is 48.5 Å². The molecule has 0 aromatic heterocycles. The molecule has 0 saturated carbocycles. The fourth-order valence-corrected chi connectivity index (χ4v) is 3.60. The quantitative estimate of drug-likeness (QED) is 0.812. The second kappa shape index (κ2) is 8.48. The van der Waals surface area contributed by atoms with E-state index < -0.39 is 6.10 Å². The summed E-state index contributed by atoms with van der Waals surface area (Å²) in [5, 5.41) is 14.1. The van der Waals surface area contributed by atoms with Crippen molar-refractivity contribution in [1.82, 2.24) is 4.90 Å². The maximum absolute atomic E-state index is 10.5. The highest BCUT2D eigenvalue weighted by atomic mass is 16.5. The zero-order valence-corrected chi connectivity index (χ0v) is 14.9. The second-order valence-electron chi connectivity index (χ2n) is 6.93. The van der Waals surface area contributed by atoms with Gasteiger partial charge in [-0.2, -0.15) is 0 Å². The Kier molecular flexibility index (Phi) is 6.08. The lowest BCUT2D eigenvalue weighted by atomic mass is 9.87. The minimum atomic E-state index is -0.432. The minimum absolute atomic E-state index is 0.0374. The van der Waals surface area contributed by atoms with Gasteiger partial charge in [-0.3, -0.25) is 0 Å². The Morgan fingerprint density at radius 3 is 2.24 bits per heavy atom. The van der Waals surface area contributed by atoms with Crippen LogP contribution in [0.4, 0.5) is 5.69 Å². The molecule has 0 aliphatic carbocycles. The van der Waals surface area contributed by atoms with Crippen LogP contribution in [0.1, 0.15) is 24.5 Å². The Bertz CT molecular complexity index is 625. The van der Waals surface area contributed by atoms with Crippen molar-refractivity contribution in [3.8, 4) is 0 Å². The van der Waals surface area contributed by atoms with Crippen LogP contribution in [-0.2, 0) is 4.74 Å². The summed E-state index contributed by atoms with van der Waals surface area (Å²) in [7, 11) is 1.76. The van der Waals surface area contributed by atoms with Gasteiger partial charge < -0.3 is 20.1 Å². The average Bonchev–Trinajstić information content (AvgIpc) is 2.65. The maximum Gasteiger partial charge on any atom is 0.0916 e. The van der Waals surface area contributed by atoms with Crippen LogP contribution in [0.25, 0.3) is 0 Å². The van der Waals surface area contributed by atoms with Crippen molar-refractivity contribution in [2.24, 2.45) is 0 Å². The number of piperidine rings is 1. The highest BCUT2D eigenvalue weighted by Crippen LogP contribution is 2.28. The molecule has 0 amide bonds. The van der Waals surface area contributed by atoms with Gasteiger partial charge in [0.15, 0.2) is 0 Å². The molecule has 4 heteroatoms. The molecule has 25 heavy (non-hydrogen) atoms. The Morgan fingerprint density at radius 2 is 1.64 bits per heavy atom. The molecule has 1 atom stereocenters. The highest BCUT2D eigenvalue weighted by molar-refractivity contribution is 5.45. The molecule has 1 heterocycles. The molecule has 1 unspecified atom stereocenters. The number of anilines is 1. The fraction of sp³-hybridized carbons (Fsp3) is 0.429. The van der Waals surface area contributed by atoms with Crippen molar-refractivity contribution in [1.29, 1.82) is 0 Å². The molecule has 2 aromatic carbocycles. The molecule has 1 aliphatic heterocycles. The number of methoxy groups -OCH3 is 1. The lowest BCUT2D eigenvalue weighted by molar-refractivity contribution is 0.0591. The number of likely N-dealkylation sites (tertiary alicyclic amines) is 1. The van der Waals surface area contributed by atoms with Crippen LogP contribution < -0.4 is 5.32 Å². The third-order valence-electron chi connectivity index (χ3n) is 5.03. The smallest absolute Gasteiger partial charge is 0.0916 e. The predicted molar refractivity (Wildman–Crippen MR) is 102 cm³/mol. The van der Waals surface area contributed by atoms with Gasteiger partial charge in [-0.25, -0.2) is 0 Å². The zero-order valence-electron chi connectivity index (χ0n) is 14.9. The molecule has 1 aliphatic rings. The van der Waals surface area contributed by atoms with E-state index in [9.17, 15) is 5.11 Å². The monoisotopic (exact) mass is 340 g/mol. The van der Waals surface area contributed by atoms with Crippen molar-refractivity contribution in [2.45, 2.75) is 24.5 Å². The molecule has 134 valence electrons. The van der Waals surface area contributed by atoms with Gasteiger partial charge >= 0.3 is 0 Å².